The predicted octanol–water partition coefficient (Wildman–Crippen LogP) is 9.12. The van der Waals surface area contributed by atoms with Gasteiger partial charge in [0.2, 0.25) is 0 Å². The van der Waals surface area contributed by atoms with Crippen molar-refractivity contribution in [2.75, 3.05) is 0 Å². The lowest BCUT2D eigenvalue weighted by molar-refractivity contribution is 0.0116. The molecule has 4 rings (SSSR count). The minimum absolute atomic E-state index is 0.0236. The highest BCUT2D eigenvalue weighted by Gasteiger charge is 2.28. The van der Waals surface area contributed by atoms with Gasteiger partial charge in [-0.2, -0.15) is 0 Å². The zero-order valence-corrected chi connectivity index (χ0v) is 21.0. The molecule has 0 bridgehead atoms. The summed E-state index contributed by atoms with van der Waals surface area (Å²) < 4.78 is 64.4. The van der Waals surface area contributed by atoms with Gasteiger partial charge < -0.3 is 4.74 Å². The fraction of sp³-hybridized carbons (Fsp3) is 0.600. The second-order valence-electron chi connectivity index (χ2n) is 10.5. The molecular weight excluding hydrogens is 452 g/mol. The molecule has 0 saturated heterocycles. The quantitative estimate of drug-likeness (QED) is 0.335. The van der Waals surface area contributed by atoms with Crippen LogP contribution in [0.3, 0.4) is 0 Å². The molecular formula is C30H38F4O. The van der Waals surface area contributed by atoms with Crippen molar-refractivity contribution in [2.24, 2.45) is 5.92 Å². The number of benzene rings is 2. The van der Waals surface area contributed by atoms with Crippen LogP contribution in [0.15, 0.2) is 24.3 Å². The van der Waals surface area contributed by atoms with E-state index in [1.54, 1.807) is 31.2 Å². The average molecular weight is 491 g/mol. The average Bonchev–Trinajstić information content (AvgIpc) is 2.88. The molecule has 0 spiro atoms. The van der Waals surface area contributed by atoms with E-state index >= 15 is 0 Å². The van der Waals surface area contributed by atoms with Crippen LogP contribution in [-0.4, -0.2) is 6.10 Å². The van der Waals surface area contributed by atoms with Crippen LogP contribution in [0.5, 0.6) is 0 Å². The molecule has 2 saturated carbocycles. The van der Waals surface area contributed by atoms with Crippen molar-refractivity contribution < 1.29 is 22.3 Å². The van der Waals surface area contributed by atoms with Gasteiger partial charge in [-0.05, 0) is 92.2 Å². The van der Waals surface area contributed by atoms with Crippen molar-refractivity contribution in [3.63, 3.8) is 0 Å². The van der Waals surface area contributed by atoms with Crippen molar-refractivity contribution in [2.45, 2.75) is 109 Å². The minimum atomic E-state index is -0.791. The smallest absolute Gasteiger partial charge is 0.164 e. The van der Waals surface area contributed by atoms with E-state index in [4.69, 9.17) is 4.74 Å². The van der Waals surface area contributed by atoms with E-state index in [-0.39, 0.29) is 30.1 Å². The summed E-state index contributed by atoms with van der Waals surface area (Å²) in [6.07, 6.45) is 9.53. The van der Waals surface area contributed by atoms with Crippen molar-refractivity contribution in [3.8, 4) is 0 Å². The van der Waals surface area contributed by atoms with Crippen molar-refractivity contribution >= 4 is 0 Å². The molecule has 0 radical (unpaired) electrons. The number of ether oxygens (including phenoxy) is 1. The van der Waals surface area contributed by atoms with Gasteiger partial charge in [-0.3, -0.25) is 0 Å². The first-order chi connectivity index (χ1) is 16.9. The Kier molecular flexibility index (Phi) is 8.91. The van der Waals surface area contributed by atoms with E-state index in [0.717, 1.165) is 31.6 Å². The highest BCUT2D eigenvalue weighted by atomic mass is 19.2. The number of aryl methyl sites for hydroxylation is 1. The molecule has 0 N–H and O–H groups in total. The Hall–Kier alpha value is -1.88. The highest BCUT2D eigenvalue weighted by molar-refractivity contribution is 5.30. The third-order valence-corrected chi connectivity index (χ3v) is 8.34. The highest BCUT2D eigenvalue weighted by Crippen LogP contribution is 2.40. The number of hydrogen-bond donors (Lipinski definition) is 0. The van der Waals surface area contributed by atoms with Crippen LogP contribution in [0.25, 0.3) is 0 Å². The standard InChI is InChI=1S/C30H38F4O/c1-3-5-19-6-8-21(9-7-19)26-17-13-23(28(32)30(26)34)18-35-24-14-10-22(11-15-24)25-16-12-20(4-2)27(31)29(25)33/h12-13,16-17,19,21-22,24H,3-11,14-15,18H2,1-2H3. The van der Waals surface area contributed by atoms with Gasteiger partial charge in [-0.25, -0.2) is 17.6 Å². The lowest BCUT2D eigenvalue weighted by Crippen LogP contribution is -2.22. The summed E-state index contributed by atoms with van der Waals surface area (Å²) in [5.74, 6) is -2.21. The van der Waals surface area contributed by atoms with Crippen LogP contribution in [0.2, 0.25) is 0 Å². The third kappa shape index (κ3) is 5.93. The molecule has 0 aliphatic heterocycles. The van der Waals surface area contributed by atoms with Crippen LogP contribution in [0.1, 0.15) is 112 Å². The first-order valence-corrected chi connectivity index (χ1v) is 13.5. The maximum absolute atomic E-state index is 14.9. The second kappa shape index (κ2) is 11.9. The summed E-state index contributed by atoms with van der Waals surface area (Å²) in [7, 11) is 0. The zero-order valence-electron chi connectivity index (χ0n) is 21.0. The molecule has 0 amide bonds. The number of halogens is 4. The van der Waals surface area contributed by atoms with Crippen LogP contribution in [-0.2, 0) is 17.8 Å². The van der Waals surface area contributed by atoms with Crippen LogP contribution in [0, 0.1) is 29.2 Å². The molecule has 35 heavy (non-hydrogen) atoms. The van der Waals surface area contributed by atoms with Crippen molar-refractivity contribution in [3.05, 3.63) is 69.8 Å². The number of rotatable bonds is 8. The van der Waals surface area contributed by atoms with E-state index < -0.39 is 23.3 Å². The minimum Gasteiger partial charge on any atom is -0.373 e. The van der Waals surface area contributed by atoms with Gasteiger partial charge in [0.15, 0.2) is 23.3 Å². The Bertz CT molecular complexity index is 988. The van der Waals surface area contributed by atoms with Gasteiger partial charge >= 0.3 is 0 Å². The Labute approximate surface area is 207 Å². The fourth-order valence-corrected chi connectivity index (χ4v) is 6.14. The molecule has 0 atom stereocenters. The molecule has 2 aromatic rings. The Morgan fingerprint density at radius 1 is 0.657 bits per heavy atom. The lowest BCUT2D eigenvalue weighted by atomic mass is 9.77. The first kappa shape index (κ1) is 26.2. The number of hydrogen-bond acceptors (Lipinski definition) is 1. The monoisotopic (exact) mass is 490 g/mol. The summed E-state index contributed by atoms with van der Waals surface area (Å²) in [6, 6.07) is 6.80. The van der Waals surface area contributed by atoms with Crippen LogP contribution >= 0.6 is 0 Å². The molecule has 2 aromatic carbocycles. The second-order valence-corrected chi connectivity index (χ2v) is 10.5. The molecule has 0 heterocycles. The summed E-state index contributed by atoms with van der Waals surface area (Å²) >= 11 is 0. The molecule has 1 nitrogen and oxygen atoms in total. The lowest BCUT2D eigenvalue weighted by Gasteiger charge is -2.30. The van der Waals surface area contributed by atoms with Gasteiger partial charge in [0, 0.05) is 5.56 Å². The summed E-state index contributed by atoms with van der Waals surface area (Å²) in [6.45, 7) is 4.02. The molecule has 2 aliphatic rings. The maximum Gasteiger partial charge on any atom is 0.164 e. The van der Waals surface area contributed by atoms with Crippen LogP contribution < -0.4 is 0 Å². The van der Waals surface area contributed by atoms with E-state index in [1.165, 1.54) is 12.8 Å². The summed E-state index contributed by atoms with van der Waals surface area (Å²) in [5.41, 5.74) is 1.58. The van der Waals surface area contributed by atoms with E-state index in [2.05, 4.69) is 6.92 Å². The largest absolute Gasteiger partial charge is 0.373 e. The maximum atomic E-state index is 14.9. The molecule has 0 aromatic heterocycles. The topological polar surface area (TPSA) is 9.23 Å². The van der Waals surface area contributed by atoms with Gasteiger partial charge in [0.25, 0.3) is 0 Å². The fourth-order valence-electron chi connectivity index (χ4n) is 6.14. The van der Waals surface area contributed by atoms with Gasteiger partial charge in [-0.15, -0.1) is 0 Å². The Morgan fingerprint density at radius 3 is 1.71 bits per heavy atom. The van der Waals surface area contributed by atoms with E-state index in [0.29, 0.717) is 48.8 Å². The molecule has 192 valence electrons. The molecule has 2 aliphatic carbocycles. The van der Waals surface area contributed by atoms with E-state index in [9.17, 15) is 17.6 Å². The predicted molar refractivity (Wildman–Crippen MR) is 131 cm³/mol. The zero-order chi connectivity index (χ0) is 24.9. The molecule has 0 unspecified atom stereocenters. The summed E-state index contributed by atoms with van der Waals surface area (Å²) in [4.78, 5) is 0. The molecule has 2 fully saturated rings. The van der Waals surface area contributed by atoms with Crippen molar-refractivity contribution in [1.82, 2.24) is 0 Å². The Balaban J connectivity index is 1.31. The SMILES string of the molecule is CCCC1CCC(c2ccc(COC3CCC(c4ccc(CC)c(F)c4F)CC3)c(F)c2F)CC1. The van der Waals surface area contributed by atoms with Crippen LogP contribution in [0.4, 0.5) is 17.6 Å². The van der Waals surface area contributed by atoms with E-state index in [1.807, 2.05) is 0 Å². The van der Waals surface area contributed by atoms with Gasteiger partial charge in [0.1, 0.15) is 0 Å². The normalized spacial score (nSPS) is 25.1. The Morgan fingerprint density at radius 2 is 1.17 bits per heavy atom. The van der Waals surface area contributed by atoms with Gasteiger partial charge in [0.05, 0.1) is 12.7 Å². The van der Waals surface area contributed by atoms with Gasteiger partial charge in [-0.1, -0.05) is 51.0 Å². The third-order valence-electron chi connectivity index (χ3n) is 8.34. The summed E-state index contributed by atoms with van der Waals surface area (Å²) in [5, 5.41) is 0. The molecule has 5 heteroatoms. The van der Waals surface area contributed by atoms with Crippen molar-refractivity contribution in [1.29, 1.82) is 0 Å². The first-order valence-electron chi connectivity index (χ1n) is 13.5.